The third-order valence-corrected chi connectivity index (χ3v) is 3.26. The van der Waals surface area contributed by atoms with Crippen molar-refractivity contribution in [1.82, 2.24) is 10.6 Å². The maximum atomic E-state index is 11.7. The van der Waals surface area contributed by atoms with Crippen molar-refractivity contribution in [1.29, 1.82) is 0 Å². The lowest BCUT2D eigenvalue weighted by Gasteiger charge is -2.17. The molecule has 2 unspecified atom stereocenters. The molecule has 0 aliphatic carbocycles. The molecule has 0 aromatic rings. The maximum Gasteiger partial charge on any atom is 0.322 e. The number of sulfonamides is 1. The normalized spacial score (nSPS) is 13.7. The SMILES string of the molecule is NC(CCC(=O)NC(CS(N)(=O)=O)C(=O)NCC(=O)O)C(=O)O. The molecule has 0 spiro atoms. The molecule has 0 rings (SSSR count). The number of rotatable bonds is 10. The van der Waals surface area contributed by atoms with E-state index < -0.39 is 58.2 Å². The molecule has 0 radical (unpaired) electrons. The maximum absolute atomic E-state index is 11.7. The summed E-state index contributed by atoms with van der Waals surface area (Å²) >= 11 is 0. The molecule has 0 aromatic heterocycles. The second-order valence-corrected chi connectivity index (χ2v) is 6.20. The minimum atomic E-state index is -4.14. The van der Waals surface area contributed by atoms with E-state index in [9.17, 15) is 27.6 Å². The Labute approximate surface area is 131 Å². The van der Waals surface area contributed by atoms with Crippen LogP contribution in [-0.4, -0.2) is 66.8 Å². The van der Waals surface area contributed by atoms with Gasteiger partial charge in [0, 0.05) is 6.42 Å². The molecule has 132 valence electrons. The molecule has 13 heteroatoms. The molecule has 0 saturated heterocycles. The topological polar surface area (TPSA) is 219 Å². The van der Waals surface area contributed by atoms with Crippen LogP contribution >= 0.6 is 0 Å². The first-order chi connectivity index (χ1) is 10.4. The van der Waals surface area contributed by atoms with Crippen LogP contribution in [0.15, 0.2) is 0 Å². The molecule has 0 heterocycles. The van der Waals surface area contributed by atoms with E-state index in [-0.39, 0.29) is 12.8 Å². The summed E-state index contributed by atoms with van der Waals surface area (Å²) in [6.45, 7) is -0.778. The largest absolute Gasteiger partial charge is 0.480 e. The fourth-order valence-electron chi connectivity index (χ4n) is 1.38. The summed E-state index contributed by atoms with van der Waals surface area (Å²) in [5.74, 6) is -5.53. The van der Waals surface area contributed by atoms with E-state index in [1.165, 1.54) is 0 Å². The van der Waals surface area contributed by atoms with E-state index >= 15 is 0 Å². The average molecular weight is 354 g/mol. The highest BCUT2D eigenvalue weighted by atomic mass is 32.2. The molecule has 0 fully saturated rings. The molecule has 0 aromatic carbocycles. The molecule has 0 aliphatic heterocycles. The van der Waals surface area contributed by atoms with Gasteiger partial charge in [-0.15, -0.1) is 0 Å². The number of carbonyl (C=O) groups is 4. The van der Waals surface area contributed by atoms with Gasteiger partial charge in [0.1, 0.15) is 18.6 Å². The minimum Gasteiger partial charge on any atom is -0.480 e. The van der Waals surface area contributed by atoms with Crippen molar-refractivity contribution < 1.29 is 37.8 Å². The van der Waals surface area contributed by atoms with E-state index in [0.29, 0.717) is 0 Å². The summed E-state index contributed by atoms with van der Waals surface area (Å²) in [5, 5.41) is 25.7. The lowest BCUT2D eigenvalue weighted by atomic mass is 10.1. The molecule has 12 nitrogen and oxygen atoms in total. The second-order valence-electron chi connectivity index (χ2n) is 4.54. The third kappa shape index (κ3) is 10.2. The zero-order valence-corrected chi connectivity index (χ0v) is 12.7. The molecule has 23 heavy (non-hydrogen) atoms. The fraction of sp³-hybridized carbons (Fsp3) is 0.600. The number of primary sulfonamides is 1. The van der Waals surface area contributed by atoms with Gasteiger partial charge in [-0.1, -0.05) is 0 Å². The lowest BCUT2D eigenvalue weighted by molar-refractivity contribution is -0.139. The van der Waals surface area contributed by atoms with Crippen LogP contribution in [0.25, 0.3) is 0 Å². The van der Waals surface area contributed by atoms with Gasteiger partial charge in [-0.2, -0.15) is 0 Å². The summed E-state index contributed by atoms with van der Waals surface area (Å²) in [6, 6.07) is -2.91. The molecule has 8 N–H and O–H groups in total. The number of carboxylic acids is 2. The Hall–Kier alpha value is -2.25. The van der Waals surface area contributed by atoms with Crippen LogP contribution in [0.5, 0.6) is 0 Å². The van der Waals surface area contributed by atoms with Gasteiger partial charge in [-0.25, -0.2) is 13.6 Å². The molecule has 2 atom stereocenters. The van der Waals surface area contributed by atoms with E-state index in [0.717, 1.165) is 0 Å². The van der Waals surface area contributed by atoms with Crippen LogP contribution in [0.2, 0.25) is 0 Å². The predicted molar refractivity (Wildman–Crippen MR) is 75.4 cm³/mol. The van der Waals surface area contributed by atoms with Gasteiger partial charge in [-0.3, -0.25) is 19.2 Å². The van der Waals surface area contributed by atoms with Gasteiger partial charge < -0.3 is 26.6 Å². The van der Waals surface area contributed by atoms with Crippen LogP contribution in [0.4, 0.5) is 0 Å². The fourth-order valence-corrected chi connectivity index (χ4v) is 2.08. The third-order valence-electron chi connectivity index (χ3n) is 2.46. The van der Waals surface area contributed by atoms with Gasteiger partial charge in [-0.05, 0) is 6.42 Å². The van der Waals surface area contributed by atoms with Crippen LogP contribution in [0.3, 0.4) is 0 Å². The van der Waals surface area contributed by atoms with E-state index in [2.05, 4.69) is 0 Å². The molecule has 0 aliphatic rings. The van der Waals surface area contributed by atoms with Crippen molar-refractivity contribution in [2.24, 2.45) is 10.9 Å². The van der Waals surface area contributed by atoms with Gasteiger partial charge in [0.05, 0.1) is 5.75 Å². The lowest BCUT2D eigenvalue weighted by Crippen LogP contribution is -2.52. The monoisotopic (exact) mass is 354 g/mol. The Bertz CT molecular complexity index is 575. The minimum absolute atomic E-state index is 0.236. The Balaban J connectivity index is 4.74. The highest BCUT2D eigenvalue weighted by Gasteiger charge is 2.26. The van der Waals surface area contributed by atoms with Crippen LogP contribution in [0.1, 0.15) is 12.8 Å². The number of carbonyl (C=O) groups excluding carboxylic acids is 2. The highest BCUT2D eigenvalue weighted by molar-refractivity contribution is 7.89. The van der Waals surface area contributed by atoms with Gasteiger partial charge in [0.25, 0.3) is 0 Å². The number of aliphatic carboxylic acids is 2. The molecule has 0 saturated carbocycles. The number of carboxylic acid groups (broad SMARTS) is 2. The first-order valence-corrected chi connectivity index (χ1v) is 7.91. The Morgan fingerprint density at radius 2 is 1.70 bits per heavy atom. The van der Waals surface area contributed by atoms with Crippen molar-refractivity contribution in [2.75, 3.05) is 12.3 Å². The second kappa shape index (κ2) is 9.02. The Kier molecular flexibility index (Phi) is 8.13. The van der Waals surface area contributed by atoms with Gasteiger partial charge in [0.15, 0.2) is 0 Å². The number of nitrogens with one attached hydrogen (secondary N) is 2. The van der Waals surface area contributed by atoms with Gasteiger partial charge >= 0.3 is 11.9 Å². The Morgan fingerprint density at radius 1 is 1.13 bits per heavy atom. The molecular formula is C10H18N4O8S. The van der Waals surface area contributed by atoms with E-state index in [4.69, 9.17) is 21.1 Å². The van der Waals surface area contributed by atoms with Crippen LogP contribution in [0, 0.1) is 0 Å². The number of amides is 2. The van der Waals surface area contributed by atoms with Crippen LogP contribution in [-0.2, 0) is 29.2 Å². The highest BCUT2D eigenvalue weighted by Crippen LogP contribution is 1.97. The summed E-state index contributed by atoms with van der Waals surface area (Å²) in [4.78, 5) is 44.2. The first-order valence-electron chi connectivity index (χ1n) is 6.20. The molecule has 2 amide bonds. The van der Waals surface area contributed by atoms with Crippen LogP contribution < -0.4 is 21.5 Å². The first kappa shape index (κ1) is 20.8. The van der Waals surface area contributed by atoms with Crippen molar-refractivity contribution in [3.8, 4) is 0 Å². The predicted octanol–water partition coefficient (Wildman–Crippen LogP) is -3.85. The van der Waals surface area contributed by atoms with Gasteiger partial charge in [0.2, 0.25) is 21.8 Å². The van der Waals surface area contributed by atoms with Crippen molar-refractivity contribution >= 4 is 33.8 Å². The van der Waals surface area contributed by atoms with Crippen molar-refractivity contribution in [2.45, 2.75) is 24.9 Å². The number of nitrogens with two attached hydrogens (primary N) is 2. The average Bonchev–Trinajstić information content (AvgIpc) is 2.39. The molecular weight excluding hydrogens is 336 g/mol. The number of hydrogen-bond acceptors (Lipinski definition) is 7. The Morgan fingerprint density at radius 3 is 2.13 bits per heavy atom. The summed E-state index contributed by atoms with van der Waals surface area (Å²) < 4.78 is 22.1. The van der Waals surface area contributed by atoms with E-state index in [1.807, 2.05) is 10.6 Å². The number of hydrogen-bond donors (Lipinski definition) is 6. The zero-order chi connectivity index (χ0) is 18.2. The molecule has 0 bridgehead atoms. The van der Waals surface area contributed by atoms with Crippen molar-refractivity contribution in [3.63, 3.8) is 0 Å². The standard InChI is InChI=1S/C10H18N4O8S/c11-5(10(19)20)1-2-7(15)14-6(4-23(12,21)22)9(18)13-3-8(16)17/h5-6H,1-4,11H2,(H,13,18)(H,14,15)(H,16,17)(H,19,20)(H2,12,21,22). The summed E-state index contributed by atoms with van der Waals surface area (Å²) in [7, 11) is -4.14. The quantitative estimate of drug-likeness (QED) is 0.226. The zero-order valence-electron chi connectivity index (χ0n) is 11.9. The van der Waals surface area contributed by atoms with E-state index in [1.54, 1.807) is 0 Å². The van der Waals surface area contributed by atoms with Crippen molar-refractivity contribution in [3.05, 3.63) is 0 Å². The summed E-state index contributed by atoms with van der Waals surface area (Å²) in [6.07, 6.45) is -0.610. The smallest absolute Gasteiger partial charge is 0.322 e. The summed E-state index contributed by atoms with van der Waals surface area (Å²) in [5.41, 5.74) is 5.20.